The molecule has 28 heavy (non-hydrogen) atoms. The molecule has 0 aromatic heterocycles. The molecular weight excluding hydrogens is 350 g/mol. The van der Waals surface area contributed by atoms with Crippen LogP contribution in [0.15, 0.2) is 76.6 Å². The average molecular weight is 373 g/mol. The molecule has 4 rings (SSSR count). The lowest BCUT2D eigenvalue weighted by molar-refractivity contribution is -0.126. The molecule has 2 heterocycles. The molecule has 0 N–H and O–H groups in total. The number of carbonyl (C=O) groups is 1. The van der Waals surface area contributed by atoms with Crippen LogP contribution in [0.5, 0.6) is 5.75 Å². The topological polar surface area (TPSA) is 54.3 Å². The number of nitrogens with zero attached hydrogens (tertiary/aromatic N) is 3. The second-order valence-corrected chi connectivity index (χ2v) is 7.38. The minimum atomic E-state index is -0.763. The second-order valence-electron chi connectivity index (χ2n) is 7.38. The number of benzene rings is 2. The molecule has 0 saturated heterocycles. The fourth-order valence-electron chi connectivity index (χ4n) is 4.30. The fraction of sp³-hybridized carbons (Fsp3) is 0.261. The van der Waals surface area contributed by atoms with Crippen molar-refractivity contribution >= 4 is 24.0 Å². The molecule has 0 bridgehead atoms. The van der Waals surface area contributed by atoms with E-state index in [0.717, 1.165) is 22.6 Å². The van der Waals surface area contributed by atoms with Crippen LogP contribution in [0.25, 0.3) is 0 Å². The van der Waals surface area contributed by atoms with Gasteiger partial charge in [-0.05, 0) is 41.3 Å². The van der Waals surface area contributed by atoms with Gasteiger partial charge in [0, 0.05) is 24.0 Å². The highest BCUT2D eigenvalue weighted by atomic mass is 16.5. The Morgan fingerprint density at radius 3 is 2.39 bits per heavy atom. The lowest BCUT2D eigenvalue weighted by Gasteiger charge is -2.47. The number of methoxy groups -OCH3 is 1. The highest BCUT2D eigenvalue weighted by Gasteiger charge is 2.54. The van der Waals surface area contributed by atoms with Crippen molar-refractivity contribution in [1.82, 2.24) is 0 Å². The van der Waals surface area contributed by atoms with Crippen LogP contribution >= 0.6 is 0 Å². The van der Waals surface area contributed by atoms with Crippen LogP contribution in [0.3, 0.4) is 0 Å². The third-order valence-electron chi connectivity index (χ3n) is 5.70. The molecule has 5 nitrogen and oxygen atoms in total. The molecule has 2 aromatic rings. The van der Waals surface area contributed by atoms with Gasteiger partial charge in [-0.2, -0.15) is 10.2 Å². The van der Waals surface area contributed by atoms with Crippen molar-refractivity contribution in [3.63, 3.8) is 0 Å². The van der Waals surface area contributed by atoms with E-state index in [4.69, 9.17) is 4.74 Å². The summed E-state index contributed by atoms with van der Waals surface area (Å²) in [5.41, 5.74) is 2.00. The van der Waals surface area contributed by atoms with Crippen molar-refractivity contribution in [3.05, 3.63) is 71.9 Å². The predicted molar refractivity (Wildman–Crippen MR) is 112 cm³/mol. The molecular formula is C23H23N3O2. The number of rotatable bonds is 4. The van der Waals surface area contributed by atoms with Gasteiger partial charge < -0.3 is 4.74 Å². The highest BCUT2D eigenvalue weighted by molar-refractivity contribution is 6.10. The molecule has 2 unspecified atom stereocenters. The van der Waals surface area contributed by atoms with Crippen LogP contribution in [0.1, 0.15) is 19.4 Å². The molecule has 5 heteroatoms. The SMILES string of the molecule is COc1ccc(N2C=C3C=NN=CC3C(c3ccccc3)(C(C)C)C2=O)cc1. The first-order valence-corrected chi connectivity index (χ1v) is 9.40. The number of carbonyl (C=O) groups excluding carboxylic acids is 1. The molecule has 2 aliphatic heterocycles. The molecule has 1 amide bonds. The van der Waals surface area contributed by atoms with Crippen LogP contribution in [-0.2, 0) is 10.2 Å². The van der Waals surface area contributed by atoms with Crippen LogP contribution < -0.4 is 9.64 Å². The normalized spacial score (nSPS) is 23.6. The quantitative estimate of drug-likeness (QED) is 0.806. The van der Waals surface area contributed by atoms with Gasteiger partial charge in [0.25, 0.3) is 0 Å². The van der Waals surface area contributed by atoms with E-state index < -0.39 is 5.41 Å². The van der Waals surface area contributed by atoms with Gasteiger partial charge in [-0.25, -0.2) is 0 Å². The molecule has 142 valence electrons. The summed E-state index contributed by atoms with van der Waals surface area (Å²) in [5, 5.41) is 8.21. The Bertz CT molecular complexity index is 961. The lowest BCUT2D eigenvalue weighted by Crippen LogP contribution is -2.57. The van der Waals surface area contributed by atoms with Gasteiger partial charge in [0.1, 0.15) is 5.75 Å². The van der Waals surface area contributed by atoms with E-state index in [-0.39, 0.29) is 17.7 Å². The average Bonchev–Trinajstić information content (AvgIpc) is 2.74. The monoisotopic (exact) mass is 373 g/mol. The van der Waals surface area contributed by atoms with E-state index in [2.05, 4.69) is 24.1 Å². The van der Waals surface area contributed by atoms with Crippen molar-refractivity contribution in [3.8, 4) is 5.75 Å². The third-order valence-corrected chi connectivity index (χ3v) is 5.70. The number of ether oxygens (including phenoxy) is 1. The van der Waals surface area contributed by atoms with Gasteiger partial charge in [0.15, 0.2) is 0 Å². The molecule has 0 fully saturated rings. The Balaban J connectivity index is 1.92. The van der Waals surface area contributed by atoms with Crippen molar-refractivity contribution in [2.75, 3.05) is 12.0 Å². The van der Waals surface area contributed by atoms with E-state index in [0.29, 0.717) is 0 Å². The smallest absolute Gasteiger partial charge is 0.242 e. The molecule has 0 radical (unpaired) electrons. The Morgan fingerprint density at radius 1 is 1.04 bits per heavy atom. The molecule has 2 aromatic carbocycles. The van der Waals surface area contributed by atoms with Gasteiger partial charge in [0.2, 0.25) is 5.91 Å². The molecule has 0 saturated carbocycles. The second kappa shape index (κ2) is 7.08. The summed E-state index contributed by atoms with van der Waals surface area (Å²) in [6.07, 6.45) is 5.45. The summed E-state index contributed by atoms with van der Waals surface area (Å²) in [6, 6.07) is 17.5. The Hall–Kier alpha value is -3.21. The van der Waals surface area contributed by atoms with E-state index in [1.54, 1.807) is 18.2 Å². The number of fused-ring (bicyclic) bond motifs is 1. The standard InChI is InChI=1S/C23H23N3O2/c1-16(2)23(18-7-5-4-6-8-18)21-14-25-24-13-17(21)15-26(22(23)27)19-9-11-20(28-3)12-10-19/h4-16,21H,1-3H3. The zero-order valence-corrected chi connectivity index (χ0v) is 16.2. The number of hydrogen-bond donors (Lipinski definition) is 0. The Morgan fingerprint density at radius 2 is 1.75 bits per heavy atom. The minimum absolute atomic E-state index is 0.0365. The maximum Gasteiger partial charge on any atom is 0.242 e. The summed E-state index contributed by atoms with van der Waals surface area (Å²) >= 11 is 0. The number of hydrogen-bond acceptors (Lipinski definition) is 4. The highest BCUT2D eigenvalue weighted by Crippen LogP contribution is 2.47. The maximum absolute atomic E-state index is 14.0. The van der Waals surface area contributed by atoms with Crippen molar-refractivity contribution < 1.29 is 9.53 Å². The lowest BCUT2D eigenvalue weighted by atomic mass is 9.59. The van der Waals surface area contributed by atoms with Crippen molar-refractivity contribution in [2.24, 2.45) is 22.0 Å². The summed E-state index contributed by atoms with van der Waals surface area (Å²) in [6.45, 7) is 4.19. The van der Waals surface area contributed by atoms with Gasteiger partial charge >= 0.3 is 0 Å². The predicted octanol–water partition coefficient (Wildman–Crippen LogP) is 4.21. The van der Waals surface area contributed by atoms with Gasteiger partial charge in [-0.1, -0.05) is 44.2 Å². The number of allylic oxidation sites excluding steroid dienone is 1. The molecule has 0 aliphatic carbocycles. The zero-order valence-electron chi connectivity index (χ0n) is 16.2. The van der Waals surface area contributed by atoms with E-state index >= 15 is 0 Å². The van der Waals surface area contributed by atoms with Crippen molar-refractivity contribution in [2.45, 2.75) is 19.3 Å². The Kier molecular flexibility index (Phi) is 4.59. The van der Waals surface area contributed by atoms with E-state index in [1.807, 2.05) is 67.0 Å². The van der Waals surface area contributed by atoms with Crippen LogP contribution in [0.2, 0.25) is 0 Å². The fourth-order valence-corrected chi connectivity index (χ4v) is 4.30. The molecule has 2 atom stereocenters. The van der Waals surface area contributed by atoms with Crippen LogP contribution in [0.4, 0.5) is 5.69 Å². The first kappa shape index (κ1) is 18.2. The van der Waals surface area contributed by atoms with Crippen LogP contribution in [-0.4, -0.2) is 25.4 Å². The van der Waals surface area contributed by atoms with E-state index in [9.17, 15) is 4.79 Å². The van der Waals surface area contributed by atoms with Gasteiger partial charge in [-0.3, -0.25) is 9.69 Å². The number of anilines is 1. The summed E-state index contributed by atoms with van der Waals surface area (Å²) in [7, 11) is 1.63. The largest absolute Gasteiger partial charge is 0.497 e. The third kappa shape index (κ3) is 2.66. The zero-order chi connectivity index (χ0) is 19.7. The summed E-state index contributed by atoms with van der Waals surface area (Å²) < 4.78 is 5.26. The van der Waals surface area contributed by atoms with Crippen LogP contribution in [0, 0.1) is 11.8 Å². The maximum atomic E-state index is 14.0. The first-order chi connectivity index (χ1) is 13.6. The van der Waals surface area contributed by atoms with Gasteiger partial charge in [0.05, 0.1) is 18.7 Å². The minimum Gasteiger partial charge on any atom is -0.497 e. The Labute approximate surface area is 165 Å². The van der Waals surface area contributed by atoms with Gasteiger partial charge in [-0.15, -0.1) is 0 Å². The summed E-state index contributed by atoms with van der Waals surface area (Å²) in [4.78, 5) is 15.8. The van der Waals surface area contributed by atoms with E-state index in [1.165, 1.54) is 0 Å². The molecule has 0 spiro atoms. The first-order valence-electron chi connectivity index (χ1n) is 9.40. The summed E-state index contributed by atoms with van der Waals surface area (Å²) in [5.74, 6) is 0.682. The number of amides is 1. The molecule has 2 aliphatic rings. The van der Waals surface area contributed by atoms with Crippen molar-refractivity contribution in [1.29, 1.82) is 0 Å².